The molecule has 0 atom stereocenters. The number of carboxylic acids is 1. The Bertz CT molecular complexity index is 477. The van der Waals surface area contributed by atoms with E-state index < -0.39 is 46.4 Å². The smallest absolute Gasteiger partial charge is 0.309 e. The van der Waals surface area contributed by atoms with Crippen LogP contribution in [0, 0.1) is 10.1 Å². The summed E-state index contributed by atoms with van der Waals surface area (Å²) in [5.74, 6) is -2.49. The fraction of sp³-hybridized carbons (Fsp3) is 0.250. The lowest BCUT2D eigenvalue weighted by Gasteiger charge is -2.06. The second-order valence-corrected chi connectivity index (χ2v) is 2.98. The molecule has 0 saturated heterocycles. The van der Waals surface area contributed by atoms with Crippen LogP contribution in [-0.4, -0.2) is 26.1 Å². The van der Waals surface area contributed by atoms with Crippen LogP contribution in [0.25, 0.3) is 0 Å². The summed E-state index contributed by atoms with van der Waals surface area (Å²) in [4.78, 5) is 23.1. The molecule has 0 amide bonds. The number of halogens is 2. The van der Waals surface area contributed by atoms with Crippen LogP contribution in [0.5, 0.6) is 5.75 Å². The second kappa shape index (κ2) is 4.68. The average molecular weight is 248 g/mol. The first-order chi connectivity index (χ1) is 7.84. The fourth-order valence-corrected chi connectivity index (χ4v) is 1.24. The topological polar surface area (TPSA) is 114 Å². The number of aromatic nitrogens is 1. The molecule has 7 nitrogen and oxygen atoms in total. The van der Waals surface area contributed by atoms with Gasteiger partial charge >= 0.3 is 11.7 Å². The third kappa shape index (κ3) is 2.62. The number of hydrogen-bond donors (Lipinski definition) is 2. The molecule has 0 bridgehead atoms. The number of aromatic hydroxyl groups is 1. The molecule has 9 heteroatoms. The van der Waals surface area contributed by atoms with Crippen molar-refractivity contribution in [2.75, 3.05) is 0 Å². The van der Waals surface area contributed by atoms with Gasteiger partial charge in [-0.15, -0.1) is 0 Å². The summed E-state index contributed by atoms with van der Waals surface area (Å²) >= 11 is 0. The van der Waals surface area contributed by atoms with E-state index in [0.29, 0.717) is 6.20 Å². The Morgan fingerprint density at radius 3 is 2.59 bits per heavy atom. The van der Waals surface area contributed by atoms with Crippen molar-refractivity contribution in [3.63, 3.8) is 0 Å². The predicted molar refractivity (Wildman–Crippen MR) is 48.9 cm³/mol. The molecule has 92 valence electrons. The molecular formula is C8H6F2N2O5. The van der Waals surface area contributed by atoms with Crippen LogP contribution >= 0.6 is 0 Å². The maximum atomic E-state index is 12.5. The number of carbonyl (C=O) groups is 1. The van der Waals surface area contributed by atoms with Gasteiger partial charge in [-0.25, -0.2) is 13.8 Å². The Hall–Kier alpha value is -2.32. The number of hydrogen-bond acceptors (Lipinski definition) is 5. The van der Waals surface area contributed by atoms with E-state index in [1.807, 2.05) is 0 Å². The molecule has 0 aliphatic carbocycles. The molecule has 2 N–H and O–H groups in total. The van der Waals surface area contributed by atoms with Crippen molar-refractivity contribution in [1.29, 1.82) is 0 Å². The Morgan fingerprint density at radius 2 is 2.18 bits per heavy atom. The lowest BCUT2D eigenvalue weighted by atomic mass is 10.1. The zero-order valence-electron chi connectivity index (χ0n) is 8.13. The van der Waals surface area contributed by atoms with E-state index in [1.165, 1.54) is 0 Å². The number of rotatable bonds is 4. The molecular weight excluding hydrogens is 242 g/mol. The molecule has 0 fully saturated rings. The third-order valence-electron chi connectivity index (χ3n) is 1.87. The van der Waals surface area contributed by atoms with Gasteiger partial charge in [0, 0.05) is 0 Å². The summed E-state index contributed by atoms with van der Waals surface area (Å²) < 4.78 is 25.1. The minimum absolute atomic E-state index is 0.562. The lowest BCUT2D eigenvalue weighted by molar-refractivity contribution is -0.387. The van der Waals surface area contributed by atoms with Crippen molar-refractivity contribution in [3.05, 3.63) is 27.6 Å². The van der Waals surface area contributed by atoms with Gasteiger partial charge < -0.3 is 10.2 Å². The van der Waals surface area contributed by atoms with E-state index in [0.717, 1.165) is 0 Å². The monoisotopic (exact) mass is 248 g/mol. The van der Waals surface area contributed by atoms with Crippen molar-refractivity contribution in [1.82, 2.24) is 4.98 Å². The van der Waals surface area contributed by atoms with E-state index in [9.17, 15) is 23.7 Å². The first-order valence-electron chi connectivity index (χ1n) is 4.19. The van der Waals surface area contributed by atoms with Gasteiger partial charge in [-0.05, 0) is 0 Å². The molecule has 0 aliphatic heterocycles. The van der Waals surface area contributed by atoms with Crippen molar-refractivity contribution in [3.8, 4) is 5.75 Å². The van der Waals surface area contributed by atoms with Gasteiger partial charge in [0.2, 0.25) is 0 Å². The van der Waals surface area contributed by atoms with E-state index in [-0.39, 0.29) is 0 Å². The van der Waals surface area contributed by atoms with E-state index in [2.05, 4.69) is 4.98 Å². The largest absolute Gasteiger partial charge is 0.506 e. The van der Waals surface area contributed by atoms with Crippen LogP contribution in [-0.2, 0) is 11.2 Å². The first-order valence-corrected chi connectivity index (χ1v) is 4.19. The number of pyridine rings is 1. The third-order valence-corrected chi connectivity index (χ3v) is 1.87. The maximum Gasteiger partial charge on any atom is 0.309 e. The van der Waals surface area contributed by atoms with Crippen LogP contribution in [0.4, 0.5) is 14.5 Å². The van der Waals surface area contributed by atoms with Crippen LogP contribution in [0.2, 0.25) is 0 Å². The molecule has 1 heterocycles. The molecule has 0 saturated carbocycles. The molecule has 1 aromatic heterocycles. The Morgan fingerprint density at radius 1 is 1.59 bits per heavy atom. The highest BCUT2D eigenvalue weighted by atomic mass is 19.3. The highest BCUT2D eigenvalue weighted by molar-refractivity contribution is 5.72. The molecule has 0 radical (unpaired) electrons. The number of alkyl halides is 2. The second-order valence-electron chi connectivity index (χ2n) is 2.98. The van der Waals surface area contributed by atoms with Crippen LogP contribution in [0.3, 0.4) is 0 Å². The van der Waals surface area contributed by atoms with Crippen LogP contribution in [0.15, 0.2) is 6.20 Å². The number of nitro groups is 1. The molecule has 17 heavy (non-hydrogen) atoms. The molecule has 1 aromatic rings. The van der Waals surface area contributed by atoms with Crippen molar-refractivity contribution in [2.24, 2.45) is 0 Å². The zero-order valence-corrected chi connectivity index (χ0v) is 8.13. The van der Waals surface area contributed by atoms with Gasteiger partial charge in [0.1, 0.15) is 17.0 Å². The summed E-state index contributed by atoms with van der Waals surface area (Å²) in [6.07, 6.45) is -3.62. The number of nitrogens with zero attached hydrogens (tertiary/aromatic N) is 2. The zero-order chi connectivity index (χ0) is 13.2. The van der Waals surface area contributed by atoms with Crippen molar-refractivity contribution < 1.29 is 28.7 Å². The Kier molecular flexibility index (Phi) is 3.51. The van der Waals surface area contributed by atoms with Gasteiger partial charge in [0.25, 0.3) is 6.43 Å². The minimum atomic E-state index is -3.30. The summed E-state index contributed by atoms with van der Waals surface area (Å²) in [6, 6.07) is 0. The van der Waals surface area contributed by atoms with Gasteiger partial charge in [-0.1, -0.05) is 0 Å². The van der Waals surface area contributed by atoms with E-state index >= 15 is 0 Å². The molecule has 0 spiro atoms. The Balaban J connectivity index is 3.47. The normalized spacial score (nSPS) is 10.5. The summed E-state index contributed by atoms with van der Waals surface area (Å²) in [6.45, 7) is 0. The highest BCUT2D eigenvalue weighted by Crippen LogP contribution is 2.37. The molecule has 0 aliphatic rings. The van der Waals surface area contributed by atoms with Crippen LogP contribution in [0.1, 0.15) is 17.7 Å². The lowest BCUT2D eigenvalue weighted by Crippen LogP contribution is -2.08. The fourth-order valence-electron chi connectivity index (χ4n) is 1.24. The first kappa shape index (κ1) is 12.7. The predicted octanol–water partition coefficient (Wildman–Crippen LogP) is 1.26. The van der Waals surface area contributed by atoms with Gasteiger partial charge in [-0.2, -0.15) is 0 Å². The summed E-state index contributed by atoms with van der Waals surface area (Å²) in [5, 5.41) is 28.1. The highest BCUT2D eigenvalue weighted by Gasteiger charge is 2.31. The molecule has 0 aromatic carbocycles. The van der Waals surface area contributed by atoms with Crippen molar-refractivity contribution >= 4 is 11.7 Å². The SMILES string of the molecule is O=C(O)Cc1ncc(O)c(C(F)F)c1[N+](=O)[O-]. The maximum absolute atomic E-state index is 12.5. The number of aliphatic carboxylic acids is 1. The molecule has 1 rings (SSSR count). The summed E-state index contributed by atoms with van der Waals surface area (Å²) in [5.41, 5.74) is -3.01. The Labute approximate surface area is 92.5 Å². The molecule has 0 unspecified atom stereocenters. The van der Waals surface area contributed by atoms with Crippen LogP contribution < -0.4 is 0 Å². The van der Waals surface area contributed by atoms with Crippen molar-refractivity contribution in [2.45, 2.75) is 12.8 Å². The quantitative estimate of drug-likeness (QED) is 0.612. The van der Waals surface area contributed by atoms with E-state index in [1.54, 1.807) is 0 Å². The standard InChI is InChI=1S/C8H6F2N2O5/c9-8(10)6-4(13)2-11-3(1-5(14)15)7(6)12(16)17/h2,8,13H,1H2,(H,14,15). The van der Waals surface area contributed by atoms with Gasteiger partial charge in [-0.3, -0.25) is 14.9 Å². The van der Waals surface area contributed by atoms with Gasteiger partial charge in [0.05, 0.1) is 17.5 Å². The minimum Gasteiger partial charge on any atom is -0.506 e. The number of carboxylic acid groups (broad SMARTS) is 1. The van der Waals surface area contributed by atoms with E-state index in [4.69, 9.17) is 10.2 Å². The van der Waals surface area contributed by atoms with Gasteiger partial charge in [0.15, 0.2) is 0 Å². The average Bonchev–Trinajstić information content (AvgIpc) is 2.18. The summed E-state index contributed by atoms with van der Waals surface area (Å²) in [7, 11) is 0.